The van der Waals surface area contributed by atoms with Crippen molar-refractivity contribution in [1.82, 2.24) is 5.32 Å². The van der Waals surface area contributed by atoms with Gasteiger partial charge in [0.1, 0.15) is 0 Å². The van der Waals surface area contributed by atoms with E-state index in [4.69, 9.17) is 10.5 Å². The van der Waals surface area contributed by atoms with Gasteiger partial charge < -0.3 is 15.8 Å². The van der Waals surface area contributed by atoms with Crippen molar-refractivity contribution in [3.63, 3.8) is 0 Å². The third-order valence-corrected chi connectivity index (χ3v) is 2.47. The van der Waals surface area contributed by atoms with E-state index in [9.17, 15) is 4.79 Å². The molecule has 0 heterocycles. The number of rotatable bonds is 5. The lowest BCUT2D eigenvalue weighted by Crippen LogP contribution is -2.54. The van der Waals surface area contributed by atoms with Crippen molar-refractivity contribution < 1.29 is 9.53 Å². The number of hydrogen-bond donors (Lipinski definition) is 2. The highest BCUT2D eigenvalue weighted by atomic mass is 16.5. The van der Waals surface area contributed by atoms with Gasteiger partial charge in [0.15, 0.2) is 0 Å². The summed E-state index contributed by atoms with van der Waals surface area (Å²) in [7, 11) is 0. The fraction of sp³-hybridized carbons (Fsp3) is 0.909. The van der Waals surface area contributed by atoms with E-state index in [1.165, 1.54) is 0 Å². The Balaban J connectivity index is 2.38. The molecule has 3 N–H and O–H groups in total. The maximum Gasteiger partial charge on any atom is 0.240 e. The second-order valence-corrected chi connectivity index (χ2v) is 5.35. The summed E-state index contributed by atoms with van der Waals surface area (Å²) in [5.74, 6) is -0.0557. The Morgan fingerprint density at radius 1 is 1.53 bits per heavy atom. The molecule has 0 saturated heterocycles. The summed E-state index contributed by atoms with van der Waals surface area (Å²) >= 11 is 0. The van der Waals surface area contributed by atoms with E-state index < -0.39 is 5.54 Å². The summed E-state index contributed by atoms with van der Waals surface area (Å²) in [4.78, 5) is 11.7. The Kier molecular flexibility index (Phi) is 3.41. The van der Waals surface area contributed by atoms with Gasteiger partial charge in [0.05, 0.1) is 23.8 Å². The Bertz CT molecular complexity index is 245. The summed E-state index contributed by atoms with van der Waals surface area (Å²) in [6.07, 6.45) is 1.76. The molecular weight excluding hydrogens is 192 g/mol. The van der Waals surface area contributed by atoms with Gasteiger partial charge >= 0.3 is 0 Å². The molecule has 0 spiro atoms. The highest BCUT2D eigenvalue weighted by Gasteiger charge is 2.47. The van der Waals surface area contributed by atoms with Gasteiger partial charge in [0.25, 0.3) is 0 Å². The van der Waals surface area contributed by atoms with Crippen LogP contribution in [0.15, 0.2) is 0 Å². The van der Waals surface area contributed by atoms with Gasteiger partial charge in [0, 0.05) is 0 Å². The molecule has 4 heteroatoms. The summed E-state index contributed by atoms with van der Waals surface area (Å²) in [5.41, 5.74) is 4.85. The molecule has 1 aliphatic rings. The largest absolute Gasteiger partial charge is 0.376 e. The molecular formula is C11H22N2O2. The van der Waals surface area contributed by atoms with E-state index in [0.717, 1.165) is 12.8 Å². The molecule has 4 nitrogen and oxygen atoms in total. The van der Waals surface area contributed by atoms with Crippen molar-refractivity contribution in [3.8, 4) is 0 Å². The summed E-state index contributed by atoms with van der Waals surface area (Å²) < 4.78 is 5.49. The lowest BCUT2D eigenvalue weighted by Gasteiger charge is -2.28. The molecule has 1 fully saturated rings. The minimum Gasteiger partial charge on any atom is -0.376 e. The summed E-state index contributed by atoms with van der Waals surface area (Å²) in [6, 6.07) is 0. The number of carbonyl (C=O) groups is 1. The number of nitrogens with two attached hydrogens (primary N) is 1. The van der Waals surface area contributed by atoms with E-state index in [1.807, 2.05) is 27.7 Å². The number of nitrogens with one attached hydrogen (secondary N) is 1. The molecule has 0 aromatic heterocycles. The van der Waals surface area contributed by atoms with Crippen LogP contribution in [0.25, 0.3) is 0 Å². The Hall–Kier alpha value is -0.610. The first-order valence-electron chi connectivity index (χ1n) is 5.48. The monoisotopic (exact) mass is 214 g/mol. The SMILES string of the molecule is CC(C)OCC(C)(C)NC(=O)C1(N)CC1. The fourth-order valence-corrected chi connectivity index (χ4v) is 1.20. The van der Waals surface area contributed by atoms with Crippen molar-refractivity contribution in [1.29, 1.82) is 0 Å². The van der Waals surface area contributed by atoms with E-state index in [2.05, 4.69) is 5.32 Å². The van der Waals surface area contributed by atoms with Crippen LogP contribution < -0.4 is 11.1 Å². The van der Waals surface area contributed by atoms with Crippen LogP contribution in [-0.2, 0) is 9.53 Å². The maximum absolute atomic E-state index is 11.7. The second kappa shape index (κ2) is 4.10. The second-order valence-electron chi connectivity index (χ2n) is 5.35. The van der Waals surface area contributed by atoms with Crippen molar-refractivity contribution >= 4 is 5.91 Å². The first-order valence-corrected chi connectivity index (χ1v) is 5.48. The molecule has 1 aliphatic carbocycles. The van der Waals surface area contributed by atoms with Gasteiger partial charge in [0.2, 0.25) is 5.91 Å². The predicted octanol–water partition coefficient (Wildman–Crippen LogP) is 0.798. The lowest BCUT2D eigenvalue weighted by molar-refractivity contribution is -0.125. The van der Waals surface area contributed by atoms with Crippen LogP contribution in [0, 0.1) is 0 Å². The van der Waals surface area contributed by atoms with Crippen LogP contribution in [0.5, 0.6) is 0 Å². The molecule has 0 unspecified atom stereocenters. The van der Waals surface area contributed by atoms with Gasteiger partial charge in [-0.3, -0.25) is 4.79 Å². The molecule has 0 aromatic rings. The van der Waals surface area contributed by atoms with Crippen LogP contribution in [0.4, 0.5) is 0 Å². The topological polar surface area (TPSA) is 64.3 Å². The van der Waals surface area contributed by atoms with E-state index >= 15 is 0 Å². The average molecular weight is 214 g/mol. The Labute approximate surface area is 91.5 Å². The third kappa shape index (κ3) is 3.80. The quantitative estimate of drug-likeness (QED) is 0.711. The van der Waals surface area contributed by atoms with Gasteiger partial charge in [-0.1, -0.05) is 0 Å². The van der Waals surface area contributed by atoms with Crippen molar-refractivity contribution in [3.05, 3.63) is 0 Å². The van der Waals surface area contributed by atoms with Crippen LogP contribution in [0.1, 0.15) is 40.5 Å². The van der Waals surface area contributed by atoms with Gasteiger partial charge in [-0.15, -0.1) is 0 Å². The third-order valence-electron chi connectivity index (χ3n) is 2.47. The molecule has 88 valence electrons. The van der Waals surface area contributed by atoms with Gasteiger partial charge in [-0.25, -0.2) is 0 Å². The average Bonchev–Trinajstić information content (AvgIpc) is 2.81. The van der Waals surface area contributed by atoms with E-state index in [1.54, 1.807) is 0 Å². The highest BCUT2D eigenvalue weighted by Crippen LogP contribution is 2.32. The van der Waals surface area contributed by atoms with Crippen LogP contribution in [0.3, 0.4) is 0 Å². The zero-order valence-corrected chi connectivity index (χ0v) is 10.1. The molecule has 1 saturated carbocycles. The highest BCUT2D eigenvalue weighted by molar-refractivity contribution is 5.89. The van der Waals surface area contributed by atoms with Crippen molar-refractivity contribution in [2.45, 2.75) is 57.7 Å². The van der Waals surface area contributed by atoms with E-state index in [0.29, 0.717) is 6.61 Å². The zero-order chi connectivity index (χ0) is 11.7. The zero-order valence-electron chi connectivity index (χ0n) is 10.1. The minimum atomic E-state index is -0.602. The molecule has 1 amide bonds. The number of ether oxygens (including phenoxy) is 1. The molecule has 15 heavy (non-hydrogen) atoms. The first-order chi connectivity index (χ1) is 6.75. The van der Waals surface area contributed by atoms with Crippen LogP contribution in [0.2, 0.25) is 0 Å². The Morgan fingerprint density at radius 2 is 2.07 bits per heavy atom. The standard InChI is InChI=1S/C11H22N2O2/c1-8(2)15-7-10(3,4)13-9(14)11(12)5-6-11/h8H,5-7,12H2,1-4H3,(H,13,14). The predicted molar refractivity (Wildman–Crippen MR) is 59.5 cm³/mol. The molecule has 0 radical (unpaired) electrons. The molecule has 0 aliphatic heterocycles. The Morgan fingerprint density at radius 3 is 2.47 bits per heavy atom. The molecule has 0 atom stereocenters. The molecule has 0 bridgehead atoms. The molecule has 0 aromatic carbocycles. The van der Waals surface area contributed by atoms with Crippen molar-refractivity contribution in [2.75, 3.05) is 6.61 Å². The van der Waals surface area contributed by atoms with Crippen LogP contribution in [-0.4, -0.2) is 29.7 Å². The lowest BCUT2D eigenvalue weighted by atomic mass is 10.1. The molecule has 1 rings (SSSR count). The summed E-state index contributed by atoms with van der Waals surface area (Å²) in [5, 5.41) is 2.93. The number of hydrogen-bond acceptors (Lipinski definition) is 3. The van der Waals surface area contributed by atoms with Crippen molar-refractivity contribution in [2.24, 2.45) is 5.73 Å². The fourth-order valence-electron chi connectivity index (χ4n) is 1.20. The van der Waals surface area contributed by atoms with Gasteiger partial charge in [-0.05, 0) is 40.5 Å². The minimum absolute atomic E-state index is 0.0557. The maximum atomic E-state index is 11.7. The first kappa shape index (κ1) is 12.5. The number of amides is 1. The number of carbonyl (C=O) groups excluding carboxylic acids is 1. The van der Waals surface area contributed by atoms with Crippen LogP contribution >= 0.6 is 0 Å². The smallest absolute Gasteiger partial charge is 0.240 e. The summed E-state index contributed by atoms with van der Waals surface area (Å²) in [6.45, 7) is 8.34. The van der Waals surface area contributed by atoms with Gasteiger partial charge in [-0.2, -0.15) is 0 Å². The normalized spacial score (nSPS) is 19.1. The van der Waals surface area contributed by atoms with E-state index in [-0.39, 0.29) is 17.6 Å².